The lowest BCUT2D eigenvalue weighted by molar-refractivity contribution is 0.0952. The number of hydrogen-bond acceptors (Lipinski definition) is 3. The second kappa shape index (κ2) is 8.71. The van der Waals surface area contributed by atoms with E-state index in [0.29, 0.717) is 17.1 Å². The molecule has 0 spiro atoms. The van der Waals surface area contributed by atoms with Gasteiger partial charge < -0.3 is 10.3 Å². The van der Waals surface area contributed by atoms with E-state index in [1.54, 1.807) is 6.20 Å². The second-order valence-electron chi connectivity index (χ2n) is 7.55. The van der Waals surface area contributed by atoms with Crippen LogP contribution < -0.4 is 5.32 Å². The fraction of sp³-hybridized carbons (Fsp3) is 0.261. The Balaban J connectivity index is 1.41. The highest BCUT2D eigenvalue weighted by molar-refractivity contribution is 6.30. The lowest BCUT2D eigenvalue weighted by Crippen LogP contribution is -2.26. The van der Waals surface area contributed by atoms with Crippen molar-refractivity contribution in [2.24, 2.45) is 0 Å². The van der Waals surface area contributed by atoms with Crippen LogP contribution in [-0.2, 0) is 6.42 Å². The Bertz CT molecular complexity index is 1130. The highest BCUT2D eigenvalue weighted by atomic mass is 35.5. The molecular weight excluding hydrogens is 398 g/mol. The zero-order chi connectivity index (χ0) is 21.1. The van der Waals surface area contributed by atoms with E-state index in [0.717, 1.165) is 41.1 Å². The van der Waals surface area contributed by atoms with E-state index in [9.17, 15) is 4.79 Å². The van der Waals surface area contributed by atoms with Crippen LogP contribution >= 0.6 is 11.6 Å². The summed E-state index contributed by atoms with van der Waals surface area (Å²) in [7, 11) is 0. The van der Waals surface area contributed by atoms with E-state index in [-0.39, 0.29) is 11.8 Å². The summed E-state index contributed by atoms with van der Waals surface area (Å²) in [6, 6.07) is 15.4. The molecule has 0 atom stereocenters. The average molecular weight is 422 g/mol. The Morgan fingerprint density at radius 2 is 1.93 bits per heavy atom. The van der Waals surface area contributed by atoms with Crippen molar-refractivity contribution in [2.45, 2.75) is 32.6 Å². The lowest BCUT2D eigenvalue weighted by Gasteiger charge is -2.13. The van der Waals surface area contributed by atoms with Crippen LogP contribution in [0.3, 0.4) is 0 Å². The van der Waals surface area contributed by atoms with Crippen molar-refractivity contribution in [1.82, 2.24) is 25.1 Å². The molecule has 30 heavy (non-hydrogen) atoms. The number of H-pyrrole nitrogens is 1. The molecule has 2 N–H and O–H groups in total. The summed E-state index contributed by atoms with van der Waals surface area (Å²) < 4.78 is 1.81. The van der Waals surface area contributed by atoms with Crippen LogP contribution in [0.25, 0.3) is 16.7 Å². The number of aryl methyl sites for hydroxylation is 1. The van der Waals surface area contributed by atoms with Gasteiger partial charge in [-0.3, -0.25) is 4.79 Å². The first-order valence-electron chi connectivity index (χ1n) is 10.1. The normalized spacial score (nSPS) is 11.3. The molecule has 0 fully saturated rings. The minimum absolute atomic E-state index is 0.108. The number of aromatic nitrogens is 4. The number of imidazole rings is 1. The quantitative estimate of drug-likeness (QED) is 0.417. The number of para-hydroxylation sites is 2. The number of amides is 1. The molecule has 154 valence electrons. The van der Waals surface area contributed by atoms with E-state index < -0.39 is 0 Å². The maximum absolute atomic E-state index is 12.8. The first-order valence-corrected chi connectivity index (χ1v) is 10.5. The molecule has 2 heterocycles. The monoisotopic (exact) mass is 421 g/mol. The molecule has 1 amide bonds. The minimum atomic E-state index is -0.108. The number of fused-ring (bicyclic) bond motifs is 1. The van der Waals surface area contributed by atoms with Gasteiger partial charge in [0.15, 0.2) is 0 Å². The van der Waals surface area contributed by atoms with Crippen molar-refractivity contribution < 1.29 is 4.79 Å². The van der Waals surface area contributed by atoms with Gasteiger partial charge in [0.25, 0.3) is 5.91 Å². The van der Waals surface area contributed by atoms with Gasteiger partial charge in [-0.15, -0.1) is 0 Å². The van der Waals surface area contributed by atoms with Crippen LogP contribution in [0, 0.1) is 0 Å². The van der Waals surface area contributed by atoms with Gasteiger partial charge in [-0.2, -0.15) is 5.10 Å². The highest BCUT2D eigenvalue weighted by Gasteiger charge is 2.20. The van der Waals surface area contributed by atoms with Gasteiger partial charge in [0, 0.05) is 18.0 Å². The molecule has 2 aromatic heterocycles. The fourth-order valence-corrected chi connectivity index (χ4v) is 3.68. The van der Waals surface area contributed by atoms with Crippen LogP contribution in [-0.4, -0.2) is 32.2 Å². The number of halogens is 1. The summed E-state index contributed by atoms with van der Waals surface area (Å²) >= 11 is 5.99. The van der Waals surface area contributed by atoms with Gasteiger partial charge in [-0.1, -0.05) is 37.6 Å². The zero-order valence-electron chi connectivity index (χ0n) is 17.0. The minimum Gasteiger partial charge on any atom is -0.352 e. The number of nitrogens with one attached hydrogen (secondary N) is 2. The van der Waals surface area contributed by atoms with Gasteiger partial charge in [-0.25, -0.2) is 9.67 Å². The third-order valence-corrected chi connectivity index (χ3v) is 5.24. The third kappa shape index (κ3) is 4.24. The Labute approximate surface area is 180 Å². The molecule has 0 saturated heterocycles. The number of benzene rings is 2. The molecule has 0 unspecified atom stereocenters. The molecule has 0 bridgehead atoms. The van der Waals surface area contributed by atoms with Gasteiger partial charge in [-0.05, 0) is 48.7 Å². The van der Waals surface area contributed by atoms with Crippen LogP contribution in [0.15, 0.2) is 54.7 Å². The summed E-state index contributed by atoms with van der Waals surface area (Å²) in [5, 5.41) is 8.14. The molecule has 0 radical (unpaired) electrons. The molecule has 0 saturated carbocycles. The summed E-state index contributed by atoms with van der Waals surface area (Å²) in [6.07, 6.45) is 3.21. The number of carbonyl (C=O) groups excluding carboxylic acids is 1. The molecule has 2 aromatic carbocycles. The van der Waals surface area contributed by atoms with E-state index in [1.807, 2.05) is 53.2 Å². The Morgan fingerprint density at radius 1 is 1.17 bits per heavy atom. The molecule has 0 aliphatic carbocycles. The van der Waals surface area contributed by atoms with Crippen molar-refractivity contribution in [1.29, 1.82) is 0 Å². The molecule has 6 nitrogen and oxygen atoms in total. The number of rotatable bonds is 7. The van der Waals surface area contributed by atoms with Gasteiger partial charge in [0.05, 0.1) is 34.2 Å². The van der Waals surface area contributed by atoms with Crippen LogP contribution in [0.1, 0.15) is 48.1 Å². The zero-order valence-corrected chi connectivity index (χ0v) is 17.8. The van der Waals surface area contributed by atoms with Crippen molar-refractivity contribution in [3.63, 3.8) is 0 Å². The van der Waals surface area contributed by atoms with Crippen LogP contribution in [0.2, 0.25) is 5.02 Å². The first-order chi connectivity index (χ1) is 14.5. The lowest BCUT2D eigenvalue weighted by atomic mass is 10.0. The van der Waals surface area contributed by atoms with E-state index in [1.165, 1.54) is 0 Å². The maximum Gasteiger partial charge on any atom is 0.254 e. The molecule has 4 rings (SSSR count). The predicted octanol–water partition coefficient (Wildman–Crippen LogP) is 4.89. The summed E-state index contributed by atoms with van der Waals surface area (Å²) in [5.74, 6) is 0.965. The van der Waals surface area contributed by atoms with Crippen LogP contribution in [0.5, 0.6) is 0 Å². The number of hydrogen-bond donors (Lipinski definition) is 2. The topological polar surface area (TPSA) is 75.6 Å². The first kappa shape index (κ1) is 20.2. The van der Waals surface area contributed by atoms with E-state index in [4.69, 9.17) is 11.6 Å². The van der Waals surface area contributed by atoms with Crippen molar-refractivity contribution in [3.8, 4) is 5.69 Å². The van der Waals surface area contributed by atoms with Crippen molar-refractivity contribution in [3.05, 3.63) is 76.8 Å². The Hall–Kier alpha value is -3.12. The summed E-state index contributed by atoms with van der Waals surface area (Å²) in [6.45, 7) is 4.68. The molecular formula is C23H24ClN5O. The average Bonchev–Trinajstić information content (AvgIpc) is 3.36. The second-order valence-corrected chi connectivity index (χ2v) is 7.98. The number of aromatic amines is 1. The van der Waals surface area contributed by atoms with Gasteiger partial charge in [0.2, 0.25) is 0 Å². The van der Waals surface area contributed by atoms with E-state index in [2.05, 4.69) is 34.2 Å². The number of nitrogens with zero attached hydrogens (tertiary/aromatic N) is 3. The predicted molar refractivity (Wildman–Crippen MR) is 119 cm³/mol. The fourth-order valence-electron chi connectivity index (χ4n) is 3.55. The molecule has 0 aliphatic heterocycles. The van der Waals surface area contributed by atoms with Crippen molar-refractivity contribution >= 4 is 28.5 Å². The number of carbonyl (C=O) groups is 1. The smallest absolute Gasteiger partial charge is 0.254 e. The molecule has 4 aromatic rings. The molecule has 0 aliphatic rings. The van der Waals surface area contributed by atoms with Gasteiger partial charge >= 0.3 is 0 Å². The summed E-state index contributed by atoms with van der Waals surface area (Å²) in [4.78, 5) is 20.7. The maximum atomic E-state index is 12.8. The highest BCUT2D eigenvalue weighted by Crippen LogP contribution is 2.24. The van der Waals surface area contributed by atoms with E-state index >= 15 is 0 Å². The van der Waals surface area contributed by atoms with Crippen LogP contribution in [0.4, 0.5) is 0 Å². The summed E-state index contributed by atoms with van der Waals surface area (Å²) in [5.41, 5.74) is 4.36. The third-order valence-electron chi connectivity index (χ3n) is 4.98. The van der Waals surface area contributed by atoms with Gasteiger partial charge in [0.1, 0.15) is 5.82 Å². The van der Waals surface area contributed by atoms with Crippen molar-refractivity contribution in [2.75, 3.05) is 6.54 Å². The Kier molecular flexibility index (Phi) is 5.86. The largest absolute Gasteiger partial charge is 0.352 e. The SMILES string of the molecule is CC(C)c1c(C(=O)NCCCc2nc3ccccc3[nH]2)cnn1-c1ccc(Cl)cc1. The standard InChI is InChI=1S/C23H24ClN5O/c1-15(2)22-18(14-26-29(22)17-11-9-16(24)10-12-17)23(30)25-13-5-8-21-27-19-6-3-4-7-20(19)28-21/h3-4,6-7,9-12,14-15H,5,8,13H2,1-2H3,(H,25,30)(H,27,28). The Morgan fingerprint density at radius 3 is 2.67 bits per heavy atom. The molecule has 7 heteroatoms.